The molecule has 426 valence electrons. The number of allylic oxidation sites excluding steroid dienone is 20. The predicted octanol–water partition coefficient (Wildman–Crippen LogP) is 17.7. The lowest BCUT2D eigenvalue weighted by Crippen LogP contribution is -2.40. The number of hydrogen-bond donors (Lipinski definition) is 1. The van der Waals surface area contributed by atoms with Gasteiger partial charge in [0.05, 0.1) is 34.4 Å². The van der Waals surface area contributed by atoms with Crippen LogP contribution in [0.4, 0.5) is 0 Å². The van der Waals surface area contributed by atoms with E-state index >= 15 is 0 Å². The van der Waals surface area contributed by atoms with Crippen LogP contribution in [0.25, 0.3) is 0 Å². The molecule has 0 aromatic rings. The summed E-state index contributed by atoms with van der Waals surface area (Å²) < 4.78 is 22.8. The number of esters is 2. The van der Waals surface area contributed by atoms with Crippen molar-refractivity contribution in [1.29, 1.82) is 0 Å². The van der Waals surface area contributed by atoms with E-state index in [-0.39, 0.29) is 38.6 Å². The Balaban J connectivity index is 4.20. The molecule has 0 aliphatic rings. The zero-order valence-corrected chi connectivity index (χ0v) is 48.4. The maximum Gasteiger partial charge on any atom is 0.361 e. The third kappa shape index (κ3) is 57.2. The molecule has 0 radical (unpaired) electrons. The minimum Gasteiger partial charge on any atom is -0.477 e. The van der Waals surface area contributed by atoms with Crippen molar-refractivity contribution in [2.45, 2.75) is 232 Å². The van der Waals surface area contributed by atoms with Gasteiger partial charge in [-0.25, -0.2) is 4.79 Å². The Morgan fingerprint density at radius 2 is 0.720 bits per heavy atom. The number of likely N-dealkylation sites (N-methyl/N-ethyl adjacent to an activating group) is 1. The van der Waals surface area contributed by atoms with Crippen LogP contribution in [-0.2, 0) is 33.3 Å². The van der Waals surface area contributed by atoms with Gasteiger partial charge >= 0.3 is 17.9 Å². The van der Waals surface area contributed by atoms with Gasteiger partial charge in [-0.2, -0.15) is 0 Å². The summed E-state index contributed by atoms with van der Waals surface area (Å²) in [6.45, 7) is 4.61. The van der Waals surface area contributed by atoms with E-state index < -0.39 is 24.3 Å². The average molecular weight is 1050 g/mol. The summed E-state index contributed by atoms with van der Waals surface area (Å²) in [4.78, 5) is 37.4. The number of aliphatic carboxylic acids is 1. The van der Waals surface area contributed by atoms with E-state index in [1.807, 2.05) is 21.1 Å². The second-order valence-electron chi connectivity index (χ2n) is 20.5. The molecule has 75 heavy (non-hydrogen) atoms. The lowest BCUT2D eigenvalue weighted by molar-refractivity contribution is -0.870. The van der Waals surface area contributed by atoms with Gasteiger partial charge < -0.3 is 28.5 Å². The van der Waals surface area contributed by atoms with Crippen molar-refractivity contribution >= 4 is 17.9 Å². The molecule has 0 aromatic heterocycles. The van der Waals surface area contributed by atoms with E-state index in [0.29, 0.717) is 23.9 Å². The monoisotopic (exact) mass is 1040 g/mol. The molecule has 2 unspecified atom stereocenters. The summed E-state index contributed by atoms with van der Waals surface area (Å²) in [5.74, 6) is -2.05. The lowest BCUT2D eigenvalue weighted by Gasteiger charge is -2.25. The van der Waals surface area contributed by atoms with Crippen molar-refractivity contribution in [2.24, 2.45) is 0 Å². The molecule has 0 aliphatic heterocycles. The van der Waals surface area contributed by atoms with Crippen molar-refractivity contribution < 1.29 is 42.9 Å². The normalized spacial score (nSPS) is 13.7. The van der Waals surface area contributed by atoms with Crippen LogP contribution in [0.5, 0.6) is 0 Å². The van der Waals surface area contributed by atoms with Crippen molar-refractivity contribution in [3.05, 3.63) is 122 Å². The lowest BCUT2D eigenvalue weighted by atomic mass is 10.0. The van der Waals surface area contributed by atoms with Gasteiger partial charge in [-0.3, -0.25) is 9.59 Å². The maximum atomic E-state index is 12.9. The molecule has 0 aromatic carbocycles. The molecule has 0 heterocycles. The number of ether oxygens (including phenoxy) is 4. The Bertz CT molecular complexity index is 1640. The second-order valence-corrected chi connectivity index (χ2v) is 20.5. The van der Waals surface area contributed by atoms with Gasteiger partial charge in [-0.05, 0) is 103 Å². The first kappa shape index (κ1) is 70.7. The summed E-state index contributed by atoms with van der Waals surface area (Å²) in [6, 6.07) is 0. The highest BCUT2D eigenvalue weighted by Crippen LogP contribution is 2.15. The van der Waals surface area contributed by atoms with Crippen LogP contribution in [0, 0.1) is 0 Å². The number of carboxylic acid groups (broad SMARTS) is 1. The Labute approximate surface area is 459 Å². The number of hydrogen-bond acceptors (Lipinski definition) is 7. The Kier molecular flexibility index (Phi) is 52.7. The number of carbonyl (C=O) groups excluding carboxylic acids is 2. The van der Waals surface area contributed by atoms with E-state index in [4.69, 9.17) is 18.9 Å². The van der Waals surface area contributed by atoms with Crippen LogP contribution >= 0.6 is 0 Å². The van der Waals surface area contributed by atoms with Gasteiger partial charge in [0, 0.05) is 12.8 Å². The second kappa shape index (κ2) is 55.9. The van der Waals surface area contributed by atoms with E-state index in [0.717, 1.165) is 109 Å². The van der Waals surface area contributed by atoms with Gasteiger partial charge in [0.1, 0.15) is 13.2 Å². The Morgan fingerprint density at radius 3 is 1.07 bits per heavy atom. The first-order valence-corrected chi connectivity index (χ1v) is 29.7. The maximum absolute atomic E-state index is 12.9. The molecule has 0 rings (SSSR count). The number of quaternary nitrogens is 1. The highest BCUT2D eigenvalue weighted by atomic mass is 16.7. The number of carbonyl (C=O) groups is 3. The molecule has 0 saturated carbocycles. The van der Waals surface area contributed by atoms with Crippen LogP contribution in [-0.4, -0.2) is 87.4 Å². The zero-order valence-electron chi connectivity index (χ0n) is 48.4. The van der Waals surface area contributed by atoms with Gasteiger partial charge in [-0.1, -0.05) is 225 Å². The fourth-order valence-electron chi connectivity index (χ4n) is 7.71. The van der Waals surface area contributed by atoms with Crippen LogP contribution in [0.2, 0.25) is 0 Å². The molecule has 1 N–H and O–H groups in total. The standard InChI is InChI=1S/C66H109NO8/c1-6-8-10-12-14-16-18-20-22-24-25-26-27-28-29-30-31-32-33-34-35-36-37-38-39-41-43-45-47-49-51-53-55-57-64(69)75-62(61-74-66(65(70)71)72-59-58-67(3,4)5)60-73-63(68)56-54-52-50-48-46-44-42-40-23-21-19-17-15-13-11-9-7-2/h8-11,14-17,20-23,25-26,28-29,31-32,42,44,62,66H,6-7,12-13,18-19,24,27,30,33-41,43,45-61H2,1-5H3/p+1/b10-8-,11-9-,16-14-,17-15-,22-20-,23-21-,26-25-,29-28-,32-31-,44-42-. The summed E-state index contributed by atoms with van der Waals surface area (Å²) in [5.41, 5.74) is 0. The molecular formula is C66H110NO8+. The number of carboxylic acids is 1. The molecule has 0 spiro atoms. The SMILES string of the molecule is CC/C=C\C/C=C\C/C=C\C/C=C\C/C=C\C/C=C\CCCCCCCCCCCCCCCCC(=O)OC(COC(=O)CCCCCC/C=C\C/C=C\C/C=C\C/C=C\CC)COC(OCC[N+](C)(C)C)C(=O)O. The average Bonchev–Trinajstić information content (AvgIpc) is 3.38. The summed E-state index contributed by atoms with van der Waals surface area (Å²) in [7, 11) is 5.95. The predicted molar refractivity (Wildman–Crippen MR) is 318 cm³/mol. The molecule has 0 saturated heterocycles. The third-order valence-corrected chi connectivity index (χ3v) is 12.2. The minimum absolute atomic E-state index is 0.178. The first-order valence-electron chi connectivity index (χ1n) is 29.7. The van der Waals surface area contributed by atoms with Crippen LogP contribution in [0.3, 0.4) is 0 Å². The summed E-state index contributed by atoms with van der Waals surface area (Å²) in [6.07, 6.45) is 75.7. The topological polar surface area (TPSA) is 108 Å². The molecular weight excluding hydrogens is 935 g/mol. The molecule has 0 amide bonds. The zero-order chi connectivity index (χ0) is 54.8. The van der Waals surface area contributed by atoms with Crippen LogP contribution in [0.1, 0.15) is 219 Å². The molecule has 0 aliphatic carbocycles. The largest absolute Gasteiger partial charge is 0.477 e. The van der Waals surface area contributed by atoms with Gasteiger partial charge in [0.2, 0.25) is 0 Å². The molecule has 9 heteroatoms. The van der Waals surface area contributed by atoms with Crippen LogP contribution < -0.4 is 0 Å². The fourth-order valence-corrected chi connectivity index (χ4v) is 7.71. The summed E-state index contributed by atoms with van der Waals surface area (Å²) >= 11 is 0. The van der Waals surface area contributed by atoms with Crippen molar-refractivity contribution in [3.8, 4) is 0 Å². The minimum atomic E-state index is -1.52. The van der Waals surface area contributed by atoms with Gasteiger partial charge in [-0.15, -0.1) is 0 Å². The van der Waals surface area contributed by atoms with Gasteiger partial charge in [0.15, 0.2) is 6.10 Å². The van der Waals surface area contributed by atoms with Crippen molar-refractivity contribution in [1.82, 2.24) is 0 Å². The first-order chi connectivity index (χ1) is 36.6. The number of unbranched alkanes of at least 4 members (excludes halogenated alkanes) is 18. The Morgan fingerprint density at radius 1 is 0.400 bits per heavy atom. The highest BCUT2D eigenvalue weighted by molar-refractivity contribution is 5.71. The third-order valence-electron chi connectivity index (χ3n) is 12.2. The van der Waals surface area contributed by atoms with Crippen molar-refractivity contribution in [2.75, 3.05) is 47.5 Å². The van der Waals surface area contributed by atoms with Crippen molar-refractivity contribution in [3.63, 3.8) is 0 Å². The quantitative estimate of drug-likeness (QED) is 0.0211. The number of nitrogens with zero attached hydrogens (tertiary/aromatic N) is 1. The van der Waals surface area contributed by atoms with E-state index in [1.54, 1.807) is 0 Å². The molecule has 0 bridgehead atoms. The Hall–Kier alpha value is -4.31. The molecule has 0 fully saturated rings. The van der Waals surface area contributed by atoms with Gasteiger partial charge in [0.25, 0.3) is 6.29 Å². The highest BCUT2D eigenvalue weighted by Gasteiger charge is 2.25. The smallest absolute Gasteiger partial charge is 0.361 e. The van der Waals surface area contributed by atoms with Crippen LogP contribution in [0.15, 0.2) is 122 Å². The van der Waals surface area contributed by atoms with E-state index in [1.165, 1.54) is 70.6 Å². The fraction of sp³-hybridized carbons (Fsp3) is 0.652. The van der Waals surface area contributed by atoms with E-state index in [9.17, 15) is 19.5 Å². The summed E-state index contributed by atoms with van der Waals surface area (Å²) in [5, 5.41) is 9.70. The van der Waals surface area contributed by atoms with E-state index in [2.05, 4.69) is 135 Å². The molecule has 9 nitrogen and oxygen atoms in total. The molecule has 2 atom stereocenters. The number of rotatable bonds is 53.